The highest BCUT2D eigenvalue weighted by molar-refractivity contribution is 6.15. The van der Waals surface area contributed by atoms with Gasteiger partial charge in [0.25, 0.3) is 0 Å². The summed E-state index contributed by atoms with van der Waals surface area (Å²) in [7, 11) is 0. The van der Waals surface area contributed by atoms with Gasteiger partial charge in [0, 0.05) is 5.56 Å². The van der Waals surface area contributed by atoms with Crippen molar-refractivity contribution in [2.24, 2.45) is 11.8 Å². The molecule has 3 rings (SSSR count). The summed E-state index contributed by atoms with van der Waals surface area (Å²) in [6, 6.07) is 10.6. The third-order valence-electron chi connectivity index (χ3n) is 4.87. The Kier molecular flexibility index (Phi) is 7.68. The van der Waals surface area contributed by atoms with Crippen LogP contribution in [0.2, 0.25) is 0 Å². The van der Waals surface area contributed by atoms with Crippen LogP contribution in [0.5, 0.6) is 5.75 Å². The summed E-state index contributed by atoms with van der Waals surface area (Å²) in [6.07, 6.45) is 4.09. The summed E-state index contributed by atoms with van der Waals surface area (Å²) in [6.45, 7) is 1.79. The van der Waals surface area contributed by atoms with E-state index in [2.05, 4.69) is 0 Å². The molecule has 0 heterocycles. The Morgan fingerprint density at radius 2 is 1.29 bits per heavy atom. The van der Waals surface area contributed by atoms with Gasteiger partial charge in [0.2, 0.25) is 0 Å². The highest BCUT2D eigenvalue weighted by Crippen LogP contribution is 2.26. The number of rotatable bonds is 5. The van der Waals surface area contributed by atoms with E-state index in [1.165, 1.54) is 24.3 Å². The number of allylic oxidation sites excluding steroid dienone is 2. The van der Waals surface area contributed by atoms with Crippen molar-refractivity contribution < 1.29 is 39.6 Å². The summed E-state index contributed by atoms with van der Waals surface area (Å²) in [5.41, 5.74) is 0.909. The van der Waals surface area contributed by atoms with E-state index in [4.69, 9.17) is 15.3 Å². The molecule has 8 heteroatoms. The van der Waals surface area contributed by atoms with Crippen LogP contribution in [0.3, 0.4) is 0 Å². The van der Waals surface area contributed by atoms with Crippen LogP contribution in [0.25, 0.3) is 0 Å². The number of ketones is 1. The first-order valence-electron chi connectivity index (χ1n) is 9.40. The number of carbonyl (C=O) groups is 4. The Labute approximate surface area is 178 Å². The number of aromatic hydroxyl groups is 1. The normalized spacial score (nSPS) is 17.2. The van der Waals surface area contributed by atoms with Gasteiger partial charge >= 0.3 is 17.9 Å². The van der Waals surface area contributed by atoms with Crippen molar-refractivity contribution in [3.63, 3.8) is 0 Å². The molecule has 31 heavy (non-hydrogen) atoms. The second-order valence-corrected chi connectivity index (χ2v) is 7.03. The maximum atomic E-state index is 12.3. The lowest BCUT2D eigenvalue weighted by molar-refractivity contribution is -0.153. The van der Waals surface area contributed by atoms with Gasteiger partial charge in [-0.05, 0) is 38.0 Å². The molecule has 0 unspecified atom stereocenters. The van der Waals surface area contributed by atoms with Gasteiger partial charge in [-0.3, -0.25) is 14.4 Å². The van der Waals surface area contributed by atoms with Crippen LogP contribution >= 0.6 is 0 Å². The Morgan fingerprint density at radius 1 is 0.774 bits per heavy atom. The number of carbonyl (C=O) groups excluding carboxylic acids is 1. The van der Waals surface area contributed by atoms with Gasteiger partial charge < -0.3 is 20.4 Å². The highest BCUT2D eigenvalue weighted by atomic mass is 16.4. The molecule has 0 aliphatic heterocycles. The number of hydrogen-bond donors (Lipinski definition) is 4. The van der Waals surface area contributed by atoms with Crippen molar-refractivity contribution in [1.29, 1.82) is 0 Å². The lowest BCUT2D eigenvalue weighted by Gasteiger charge is -2.20. The molecule has 2 atom stereocenters. The van der Waals surface area contributed by atoms with Crippen molar-refractivity contribution in [1.82, 2.24) is 0 Å². The van der Waals surface area contributed by atoms with E-state index in [-0.39, 0.29) is 22.4 Å². The molecule has 0 saturated heterocycles. The summed E-state index contributed by atoms with van der Waals surface area (Å²) < 4.78 is 0. The zero-order valence-electron chi connectivity index (χ0n) is 16.7. The number of benzene rings is 2. The van der Waals surface area contributed by atoms with Gasteiger partial charge in [0.1, 0.15) is 5.75 Å². The van der Waals surface area contributed by atoms with Crippen LogP contribution < -0.4 is 0 Å². The standard InChI is InChI=1S/C15H12O4.C8H10O4/c1-9-6-7-13(16)12(8-9)14(17)10-4-2-3-5-11(10)15(18)19;9-7(10)5-3-1-2-4-6(5)8(11)12/h2-8,16H,1H3,(H,18,19);1-2,5-6H,3-4H2,(H,9,10)(H,11,12)/t;5-,6+. The third-order valence-corrected chi connectivity index (χ3v) is 4.87. The molecule has 0 fully saturated rings. The van der Waals surface area contributed by atoms with E-state index in [0.29, 0.717) is 12.8 Å². The van der Waals surface area contributed by atoms with E-state index >= 15 is 0 Å². The van der Waals surface area contributed by atoms with E-state index in [1.807, 2.05) is 0 Å². The molecule has 0 saturated carbocycles. The second-order valence-electron chi connectivity index (χ2n) is 7.03. The molecule has 8 nitrogen and oxygen atoms in total. The lowest BCUT2D eigenvalue weighted by Crippen LogP contribution is -2.30. The minimum atomic E-state index is -1.17. The Balaban J connectivity index is 0.000000245. The fraction of sp³-hybridized carbons (Fsp3) is 0.217. The van der Waals surface area contributed by atoms with Gasteiger partial charge in [-0.1, -0.05) is 42.0 Å². The molecular weight excluding hydrogens is 404 g/mol. The minimum Gasteiger partial charge on any atom is -0.507 e. The monoisotopic (exact) mass is 426 g/mol. The summed E-state index contributed by atoms with van der Waals surface area (Å²) >= 11 is 0. The van der Waals surface area contributed by atoms with Gasteiger partial charge in [-0.2, -0.15) is 0 Å². The molecule has 0 spiro atoms. The molecule has 1 aliphatic carbocycles. The first-order valence-corrected chi connectivity index (χ1v) is 9.40. The van der Waals surface area contributed by atoms with Crippen LogP contribution in [-0.4, -0.2) is 44.1 Å². The highest BCUT2D eigenvalue weighted by Gasteiger charge is 2.33. The average molecular weight is 426 g/mol. The number of phenolic OH excluding ortho intramolecular Hbond substituents is 1. The smallest absolute Gasteiger partial charge is 0.336 e. The quantitative estimate of drug-likeness (QED) is 0.420. The van der Waals surface area contributed by atoms with Gasteiger partial charge in [0.15, 0.2) is 5.78 Å². The number of aromatic carboxylic acids is 1. The molecule has 1 aliphatic rings. The van der Waals surface area contributed by atoms with Crippen LogP contribution in [0.15, 0.2) is 54.6 Å². The maximum absolute atomic E-state index is 12.3. The van der Waals surface area contributed by atoms with Crippen LogP contribution in [0, 0.1) is 18.8 Å². The summed E-state index contributed by atoms with van der Waals surface area (Å²) in [5, 5.41) is 36.1. The van der Waals surface area contributed by atoms with Crippen LogP contribution in [-0.2, 0) is 9.59 Å². The largest absolute Gasteiger partial charge is 0.507 e. The van der Waals surface area contributed by atoms with Crippen LogP contribution in [0.4, 0.5) is 0 Å². The number of carboxylic acid groups (broad SMARTS) is 3. The van der Waals surface area contributed by atoms with E-state index in [9.17, 15) is 24.3 Å². The molecule has 162 valence electrons. The lowest BCUT2D eigenvalue weighted by atomic mass is 9.83. The number of carboxylic acids is 3. The minimum absolute atomic E-state index is 0.0656. The zero-order valence-corrected chi connectivity index (χ0v) is 16.7. The van der Waals surface area contributed by atoms with Crippen molar-refractivity contribution in [3.05, 3.63) is 76.9 Å². The predicted molar refractivity (Wildman–Crippen MR) is 110 cm³/mol. The second kappa shape index (κ2) is 10.2. The molecule has 4 N–H and O–H groups in total. The van der Waals surface area contributed by atoms with Crippen LogP contribution in [0.1, 0.15) is 44.7 Å². The van der Waals surface area contributed by atoms with Crippen molar-refractivity contribution in [2.75, 3.05) is 0 Å². The first kappa shape index (κ1) is 23.3. The maximum Gasteiger partial charge on any atom is 0.336 e. The summed E-state index contributed by atoms with van der Waals surface area (Å²) in [5.74, 6) is -5.38. The zero-order chi connectivity index (χ0) is 23.1. The molecule has 0 radical (unpaired) electrons. The van der Waals surface area contributed by atoms with E-state index in [0.717, 1.165) is 5.56 Å². The molecule has 0 bridgehead atoms. The molecule has 0 aromatic heterocycles. The average Bonchev–Trinajstić information content (AvgIpc) is 2.75. The van der Waals surface area contributed by atoms with Crippen molar-refractivity contribution >= 4 is 23.7 Å². The Bertz CT molecular complexity index is 1010. The first-order chi connectivity index (χ1) is 14.6. The molecular formula is C23H22O8. The van der Waals surface area contributed by atoms with Gasteiger partial charge in [0.05, 0.1) is 23.0 Å². The van der Waals surface area contributed by atoms with Crippen molar-refractivity contribution in [3.8, 4) is 5.75 Å². The topological polar surface area (TPSA) is 149 Å². The number of aryl methyl sites for hydroxylation is 1. The number of phenols is 1. The predicted octanol–water partition coefficient (Wildman–Crippen LogP) is 3.37. The fourth-order valence-electron chi connectivity index (χ4n) is 3.20. The molecule has 2 aromatic carbocycles. The van der Waals surface area contributed by atoms with Crippen molar-refractivity contribution in [2.45, 2.75) is 19.8 Å². The SMILES string of the molecule is Cc1ccc(O)c(C(=O)c2ccccc2C(=O)O)c1.O=C(O)[C@H]1CC=CC[C@H]1C(=O)O. The Morgan fingerprint density at radius 3 is 1.77 bits per heavy atom. The summed E-state index contributed by atoms with van der Waals surface area (Å²) in [4.78, 5) is 44.6. The van der Waals surface area contributed by atoms with E-state index < -0.39 is 35.5 Å². The number of hydrogen-bond acceptors (Lipinski definition) is 5. The van der Waals surface area contributed by atoms with Gasteiger partial charge in [-0.25, -0.2) is 4.79 Å². The van der Waals surface area contributed by atoms with Gasteiger partial charge in [-0.15, -0.1) is 0 Å². The fourth-order valence-corrected chi connectivity index (χ4v) is 3.20. The third kappa shape index (κ3) is 5.79. The van der Waals surface area contributed by atoms with E-state index in [1.54, 1.807) is 37.3 Å². The Hall–Kier alpha value is -3.94. The molecule has 0 amide bonds. The number of aliphatic carboxylic acids is 2. The molecule has 2 aromatic rings.